The van der Waals surface area contributed by atoms with E-state index in [-0.39, 0.29) is 4.75 Å². The zero-order valence-corrected chi connectivity index (χ0v) is 11.9. The van der Waals surface area contributed by atoms with E-state index in [1.807, 2.05) is 31.5 Å². The number of aromatic nitrogens is 2. The molecule has 1 aliphatic rings. The van der Waals surface area contributed by atoms with Gasteiger partial charge in [0.05, 0.1) is 16.2 Å². The Kier molecular flexibility index (Phi) is 3.05. The molecule has 4 nitrogen and oxygen atoms in total. The van der Waals surface area contributed by atoms with E-state index in [9.17, 15) is 4.21 Å². The molecule has 0 fully saturated rings. The first-order chi connectivity index (χ1) is 7.38. The smallest absolute Gasteiger partial charge is 0.145 e. The zero-order chi connectivity index (χ0) is 11.9. The van der Waals surface area contributed by atoms with Crippen LogP contribution in [0.1, 0.15) is 32.9 Å². The summed E-state index contributed by atoms with van der Waals surface area (Å²) in [7, 11) is -1.19. The predicted octanol–water partition coefficient (Wildman–Crippen LogP) is 2.30. The molecule has 0 amide bonds. The van der Waals surface area contributed by atoms with Gasteiger partial charge in [-0.1, -0.05) is 0 Å². The maximum atomic E-state index is 11.9. The molecule has 88 valence electrons. The van der Waals surface area contributed by atoms with Gasteiger partial charge in [0.2, 0.25) is 0 Å². The average molecular weight is 304 g/mol. The molecule has 0 radical (unpaired) electrons. The van der Waals surface area contributed by atoms with Crippen molar-refractivity contribution < 1.29 is 4.21 Å². The molecule has 0 aromatic carbocycles. The van der Waals surface area contributed by atoms with Crippen molar-refractivity contribution in [3.8, 4) is 0 Å². The number of aryl methyl sites for hydroxylation is 1. The van der Waals surface area contributed by atoms with Crippen molar-refractivity contribution in [3.63, 3.8) is 0 Å². The topological polar surface area (TPSA) is 47.2 Å². The average Bonchev–Trinajstić information content (AvgIpc) is 2.65. The summed E-state index contributed by atoms with van der Waals surface area (Å²) in [6.07, 6.45) is 0.817. The van der Waals surface area contributed by atoms with Crippen LogP contribution in [0.3, 0.4) is 0 Å². The van der Waals surface area contributed by atoms with E-state index in [1.54, 1.807) is 0 Å². The number of hydrogen-bond donors (Lipinski definition) is 0. The van der Waals surface area contributed by atoms with E-state index >= 15 is 0 Å². The lowest BCUT2D eigenvalue weighted by Gasteiger charge is -2.13. The van der Waals surface area contributed by atoms with E-state index < -0.39 is 11.0 Å². The Hall–Kier alpha value is -0.490. The summed E-state index contributed by atoms with van der Waals surface area (Å²) >= 11 is 3.33. The number of hydrogen-bond acceptors (Lipinski definition) is 2. The van der Waals surface area contributed by atoms with Gasteiger partial charge in [-0.25, -0.2) is 4.21 Å². The summed E-state index contributed by atoms with van der Waals surface area (Å²) in [6.45, 7) is 6.60. The van der Waals surface area contributed by atoms with Crippen LogP contribution >= 0.6 is 15.9 Å². The van der Waals surface area contributed by atoms with Crippen LogP contribution in [0.2, 0.25) is 0 Å². The van der Waals surface area contributed by atoms with Gasteiger partial charge in [-0.05, 0) is 42.8 Å². The van der Waals surface area contributed by atoms with Crippen molar-refractivity contribution in [1.29, 1.82) is 0 Å². The van der Waals surface area contributed by atoms with Crippen LogP contribution in [0.4, 0.5) is 0 Å². The summed E-state index contributed by atoms with van der Waals surface area (Å²) in [5, 5.41) is 4.26. The maximum absolute atomic E-state index is 11.9. The Morgan fingerprint density at radius 3 is 2.88 bits per heavy atom. The second-order valence-electron chi connectivity index (χ2n) is 4.72. The SMILES string of the molecule is CC(C)(C)[S@@](=O)/N=C1\CCn2nc(Br)cc21. The van der Waals surface area contributed by atoms with E-state index in [0.29, 0.717) is 0 Å². The van der Waals surface area contributed by atoms with Gasteiger partial charge in [0.15, 0.2) is 0 Å². The van der Waals surface area contributed by atoms with E-state index in [1.165, 1.54) is 0 Å². The second-order valence-corrected chi connectivity index (χ2v) is 7.44. The largest absolute Gasteiger partial charge is 0.262 e. The summed E-state index contributed by atoms with van der Waals surface area (Å²) in [5.41, 5.74) is 1.87. The second kappa shape index (κ2) is 4.07. The van der Waals surface area contributed by atoms with Crippen molar-refractivity contribution in [1.82, 2.24) is 9.78 Å². The van der Waals surface area contributed by atoms with Gasteiger partial charge in [-0.3, -0.25) is 4.68 Å². The lowest BCUT2D eigenvalue weighted by atomic mass is 10.2. The van der Waals surface area contributed by atoms with Gasteiger partial charge in [0, 0.05) is 13.0 Å². The van der Waals surface area contributed by atoms with Crippen LogP contribution in [0.25, 0.3) is 0 Å². The fourth-order valence-corrected chi connectivity index (χ4v) is 2.52. The number of fused-ring (bicyclic) bond motifs is 1. The highest BCUT2D eigenvalue weighted by Gasteiger charge is 2.24. The molecule has 2 heterocycles. The normalized spacial score (nSPS) is 20.1. The Bertz CT molecular complexity index is 473. The molecular formula is C10H14BrN3OS. The molecule has 1 aliphatic heterocycles. The van der Waals surface area contributed by atoms with Crippen LogP contribution in [-0.2, 0) is 17.5 Å². The molecule has 0 bridgehead atoms. The number of rotatable bonds is 1. The lowest BCUT2D eigenvalue weighted by Crippen LogP contribution is -2.20. The minimum Gasteiger partial charge on any atom is -0.262 e. The van der Waals surface area contributed by atoms with Crippen molar-refractivity contribution in [2.24, 2.45) is 4.40 Å². The molecule has 0 aliphatic carbocycles. The molecule has 0 N–H and O–H groups in total. The Balaban J connectivity index is 2.31. The summed E-state index contributed by atoms with van der Waals surface area (Å²) < 4.78 is 18.6. The van der Waals surface area contributed by atoms with Crippen molar-refractivity contribution >= 4 is 32.6 Å². The maximum Gasteiger partial charge on any atom is 0.145 e. The molecule has 16 heavy (non-hydrogen) atoms. The summed E-state index contributed by atoms with van der Waals surface area (Å²) in [4.78, 5) is 0. The van der Waals surface area contributed by atoms with Crippen LogP contribution in [0, 0.1) is 0 Å². The van der Waals surface area contributed by atoms with Gasteiger partial charge >= 0.3 is 0 Å². The van der Waals surface area contributed by atoms with Gasteiger partial charge in [0.25, 0.3) is 0 Å². The van der Waals surface area contributed by atoms with Crippen molar-refractivity contribution in [2.75, 3.05) is 0 Å². The van der Waals surface area contributed by atoms with Crippen LogP contribution in [0.5, 0.6) is 0 Å². The molecule has 1 atom stereocenters. The first-order valence-corrected chi connectivity index (χ1v) is 7.01. The highest BCUT2D eigenvalue weighted by molar-refractivity contribution is 9.10. The van der Waals surface area contributed by atoms with Crippen LogP contribution in [0.15, 0.2) is 15.1 Å². The van der Waals surface area contributed by atoms with Gasteiger partial charge in [-0.2, -0.15) is 9.50 Å². The molecule has 0 saturated carbocycles. The van der Waals surface area contributed by atoms with Crippen LogP contribution < -0.4 is 0 Å². The number of halogens is 1. The lowest BCUT2D eigenvalue weighted by molar-refractivity contribution is 0.650. The quantitative estimate of drug-likeness (QED) is 0.799. The van der Waals surface area contributed by atoms with E-state index in [4.69, 9.17) is 0 Å². The third-order valence-corrected chi connectivity index (χ3v) is 4.14. The first kappa shape index (κ1) is 12.0. The fourth-order valence-electron chi connectivity index (χ4n) is 1.46. The van der Waals surface area contributed by atoms with Crippen molar-refractivity contribution in [3.05, 3.63) is 16.4 Å². The minimum atomic E-state index is -1.19. The molecule has 6 heteroatoms. The standard InChI is InChI=1S/C10H14BrN3OS/c1-10(2,3)16(15)13-7-4-5-14-8(7)6-9(11)12-14/h6H,4-5H2,1-3H3/b13-7+/t16-/m1/s1. The zero-order valence-electron chi connectivity index (χ0n) is 9.53. The summed E-state index contributed by atoms with van der Waals surface area (Å²) in [5.74, 6) is 0. The molecule has 0 saturated heterocycles. The molecule has 1 aromatic rings. The third-order valence-electron chi connectivity index (χ3n) is 2.32. The highest BCUT2D eigenvalue weighted by Crippen LogP contribution is 2.22. The van der Waals surface area contributed by atoms with Gasteiger partial charge < -0.3 is 0 Å². The highest BCUT2D eigenvalue weighted by atomic mass is 79.9. The number of nitrogens with zero attached hydrogens (tertiary/aromatic N) is 3. The van der Waals surface area contributed by atoms with Crippen LogP contribution in [-0.4, -0.2) is 24.4 Å². The Morgan fingerprint density at radius 2 is 2.25 bits per heavy atom. The third kappa shape index (κ3) is 2.27. The molecule has 0 unspecified atom stereocenters. The van der Waals surface area contributed by atoms with E-state index in [2.05, 4.69) is 25.4 Å². The Morgan fingerprint density at radius 1 is 1.56 bits per heavy atom. The Labute approximate surface area is 106 Å². The molecule has 0 spiro atoms. The first-order valence-electron chi connectivity index (χ1n) is 5.11. The molecule has 2 rings (SSSR count). The van der Waals surface area contributed by atoms with Gasteiger partial charge in [-0.15, -0.1) is 0 Å². The van der Waals surface area contributed by atoms with E-state index in [0.717, 1.165) is 29.0 Å². The molecule has 1 aromatic heterocycles. The molecular weight excluding hydrogens is 290 g/mol. The van der Waals surface area contributed by atoms with Gasteiger partial charge in [0.1, 0.15) is 15.6 Å². The van der Waals surface area contributed by atoms with Crippen molar-refractivity contribution in [2.45, 2.75) is 38.5 Å². The fraction of sp³-hybridized carbons (Fsp3) is 0.600. The minimum absolute atomic E-state index is 0.308. The monoisotopic (exact) mass is 303 g/mol. The predicted molar refractivity (Wildman–Crippen MR) is 69.0 cm³/mol. The summed E-state index contributed by atoms with van der Waals surface area (Å²) in [6, 6.07) is 1.92.